The molecule has 0 heterocycles. The summed E-state index contributed by atoms with van der Waals surface area (Å²) in [6.07, 6.45) is 0. The Bertz CT molecular complexity index is 646. The molecule has 1 atom stereocenters. The molecule has 2 aromatic rings. The van der Waals surface area contributed by atoms with Crippen molar-refractivity contribution in [3.05, 3.63) is 65.7 Å². The van der Waals surface area contributed by atoms with Crippen LogP contribution in [0, 0.1) is 5.41 Å². The molecule has 0 aliphatic heterocycles. The number of carbonyl (C=O) groups excluding carboxylic acids is 1. The topological polar surface area (TPSA) is 64.4 Å². The van der Waals surface area contributed by atoms with E-state index < -0.39 is 6.04 Å². The van der Waals surface area contributed by atoms with Crippen LogP contribution < -0.4 is 11.1 Å². The number of amides is 1. The van der Waals surface area contributed by atoms with Gasteiger partial charge in [0.1, 0.15) is 0 Å². The number of nitrogens with one attached hydrogen (secondary N) is 1. The number of hydrogen-bond acceptors (Lipinski definition) is 3. The van der Waals surface area contributed by atoms with E-state index in [9.17, 15) is 4.79 Å². The molecule has 0 saturated carbocycles. The first-order valence-corrected chi connectivity index (χ1v) is 8.13. The first kappa shape index (κ1) is 18.2. The first-order valence-electron chi connectivity index (χ1n) is 8.13. The molecule has 0 radical (unpaired) electrons. The van der Waals surface area contributed by atoms with Gasteiger partial charge in [0.25, 0.3) is 0 Å². The molecule has 2 aromatic carbocycles. The van der Waals surface area contributed by atoms with Crippen molar-refractivity contribution in [3.8, 4) is 0 Å². The van der Waals surface area contributed by atoms with Gasteiger partial charge in [0.15, 0.2) is 0 Å². The van der Waals surface area contributed by atoms with Crippen LogP contribution in [0.1, 0.15) is 31.9 Å². The Morgan fingerprint density at radius 1 is 1.00 bits per heavy atom. The number of benzene rings is 2. The maximum atomic E-state index is 12.1. The maximum absolute atomic E-state index is 12.1. The van der Waals surface area contributed by atoms with E-state index in [0.29, 0.717) is 13.2 Å². The Kier molecular flexibility index (Phi) is 6.12. The summed E-state index contributed by atoms with van der Waals surface area (Å²) in [5.41, 5.74) is 8.64. The summed E-state index contributed by atoms with van der Waals surface area (Å²) in [6, 6.07) is 17.1. The van der Waals surface area contributed by atoms with Gasteiger partial charge in [-0.3, -0.25) is 4.79 Å². The summed E-state index contributed by atoms with van der Waals surface area (Å²) in [5, 5.41) is 2.85. The Balaban J connectivity index is 1.83. The fourth-order valence-corrected chi connectivity index (χ4v) is 2.16. The van der Waals surface area contributed by atoms with Crippen LogP contribution in [0.5, 0.6) is 0 Å². The van der Waals surface area contributed by atoms with Crippen LogP contribution in [0.15, 0.2) is 54.6 Å². The molecular formula is C20H26N2O2. The zero-order valence-corrected chi connectivity index (χ0v) is 14.6. The highest BCUT2D eigenvalue weighted by atomic mass is 16.5. The van der Waals surface area contributed by atoms with Crippen LogP contribution in [0.25, 0.3) is 0 Å². The van der Waals surface area contributed by atoms with Crippen molar-refractivity contribution in [2.75, 3.05) is 5.32 Å². The highest BCUT2D eigenvalue weighted by Crippen LogP contribution is 2.19. The van der Waals surface area contributed by atoms with Crippen LogP contribution in [-0.4, -0.2) is 11.9 Å². The Morgan fingerprint density at radius 3 is 2.08 bits per heavy atom. The van der Waals surface area contributed by atoms with Gasteiger partial charge < -0.3 is 15.8 Å². The number of hydrogen-bond donors (Lipinski definition) is 2. The summed E-state index contributed by atoms with van der Waals surface area (Å²) < 4.78 is 5.70. The average Bonchev–Trinajstić information content (AvgIpc) is 2.56. The lowest BCUT2D eigenvalue weighted by Gasteiger charge is -2.25. The van der Waals surface area contributed by atoms with Crippen LogP contribution in [0.3, 0.4) is 0 Å². The second-order valence-electron chi connectivity index (χ2n) is 7.01. The highest BCUT2D eigenvalue weighted by molar-refractivity contribution is 5.95. The van der Waals surface area contributed by atoms with Crippen LogP contribution in [-0.2, 0) is 22.7 Å². The van der Waals surface area contributed by atoms with Gasteiger partial charge >= 0.3 is 0 Å². The molecule has 2 rings (SSSR count). The summed E-state index contributed by atoms with van der Waals surface area (Å²) in [6.45, 7) is 6.96. The van der Waals surface area contributed by atoms with Gasteiger partial charge in [0.2, 0.25) is 5.91 Å². The molecule has 0 saturated heterocycles. The third-order valence-electron chi connectivity index (χ3n) is 3.82. The summed E-state index contributed by atoms with van der Waals surface area (Å²) >= 11 is 0. The van der Waals surface area contributed by atoms with Crippen molar-refractivity contribution in [1.29, 1.82) is 0 Å². The van der Waals surface area contributed by atoms with E-state index in [1.165, 1.54) is 0 Å². The van der Waals surface area contributed by atoms with Crippen molar-refractivity contribution >= 4 is 11.6 Å². The molecule has 4 nitrogen and oxygen atoms in total. The standard InChI is InChI=1S/C20H26N2O2/c1-20(2,3)18(21)19(23)22-17-11-9-16(10-12-17)14-24-13-15-7-5-4-6-8-15/h4-12,18H,13-14,21H2,1-3H3,(H,22,23)/t18-/m1/s1. The van der Waals surface area contributed by atoms with Crippen molar-refractivity contribution in [1.82, 2.24) is 0 Å². The van der Waals surface area contributed by atoms with E-state index in [-0.39, 0.29) is 11.3 Å². The number of nitrogens with two attached hydrogens (primary N) is 1. The molecule has 24 heavy (non-hydrogen) atoms. The largest absolute Gasteiger partial charge is 0.372 e. The predicted octanol–water partition coefficient (Wildman–Crippen LogP) is 3.72. The van der Waals surface area contributed by atoms with E-state index in [0.717, 1.165) is 16.8 Å². The van der Waals surface area contributed by atoms with Gasteiger partial charge in [-0.25, -0.2) is 0 Å². The normalized spacial score (nSPS) is 12.7. The Morgan fingerprint density at radius 2 is 1.54 bits per heavy atom. The minimum atomic E-state index is -0.550. The molecule has 0 aliphatic carbocycles. The van der Waals surface area contributed by atoms with Gasteiger partial charge in [-0.05, 0) is 28.7 Å². The van der Waals surface area contributed by atoms with Crippen molar-refractivity contribution in [3.63, 3.8) is 0 Å². The lowest BCUT2D eigenvalue weighted by molar-refractivity contribution is -0.119. The second-order valence-corrected chi connectivity index (χ2v) is 7.01. The summed E-state index contributed by atoms with van der Waals surface area (Å²) in [4.78, 5) is 12.1. The average molecular weight is 326 g/mol. The molecule has 0 spiro atoms. The second kappa shape index (κ2) is 8.08. The maximum Gasteiger partial charge on any atom is 0.241 e. The highest BCUT2D eigenvalue weighted by Gasteiger charge is 2.27. The summed E-state index contributed by atoms with van der Waals surface area (Å²) in [7, 11) is 0. The third-order valence-corrected chi connectivity index (χ3v) is 3.82. The molecule has 128 valence electrons. The minimum Gasteiger partial charge on any atom is -0.372 e. The Labute approximate surface area is 144 Å². The molecule has 3 N–H and O–H groups in total. The fraction of sp³-hybridized carbons (Fsp3) is 0.350. The van der Waals surface area contributed by atoms with Crippen molar-refractivity contribution in [2.24, 2.45) is 11.1 Å². The van der Waals surface area contributed by atoms with E-state index in [2.05, 4.69) is 5.32 Å². The van der Waals surface area contributed by atoms with E-state index in [4.69, 9.17) is 10.5 Å². The Hall–Kier alpha value is -2.17. The number of ether oxygens (including phenoxy) is 1. The molecule has 0 aliphatic rings. The zero-order chi connectivity index (χ0) is 17.6. The van der Waals surface area contributed by atoms with Gasteiger partial charge in [-0.15, -0.1) is 0 Å². The smallest absolute Gasteiger partial charge is 0.241 e. The number of anilines is 1. The van der Waals surface area contributed by atoms with Crippen molar-refractivity contribution in [2.45, 2.75) is 40.0 Å². The quantitative estimate of drug-likeness (QED) is 0.850. The zero-order valence-electron chi connectivity index (χ0n) is 14.6. The monoisotopic (exact) mass is 326 g/mol. The van der Waals surface area contributed by atoms with Crippen LogP contribution in [0.4, 0.5) is 5.69 Å². The SMILES string of the molecule is CC(C)(C)[C@H](N)C(=O)Nc1ccc(COCc2ccccc2)cc1. The number of carbonyl (C=O) groups is 1. The molecule has 0 bridgehead atoms. The molecule has 4 heteroatoms. The van der Waals surface area contributed by atoms with Crippen LogP contribution in [0.2, 0.25) is 0 Å². The van der Waals surface area contributed by atoms with Gasteiger partial charge in [0, 0.05) is 5.69 Å². The van der Waals surface area contributed by atoms with Gasteiger partial charge in [0.05, 0.1) is 19.3 Å². The third kappa shape index (κ3) is 5.48. The van der Waals surface area contributed by atoms with Gasteiger partial charge in [-0.2, -0.15) is 0 Å². The predicted molar refractivity (Wildman–Crippen MR) is 97.4 cm³/mol. The van der Waals surface area contributed by atoms with E-state index >= 15 is 0 Å². The molecule has 1 amide bonds. The first-order chi connectivity index (χ1) is 11.4. The molecule has 0 unspecified atom stereocenters. The molecule has 0 aromatic heterocycles. The fourth-order valence-electron chi connectivity index (χ4n) is 2.16. The summed E-state index contributed by atoms with van der Waals surface area (Å²) in [5.74, 6) is -0.171. The van der Waals surface area contributed by atoms with Gasteiger partial charge in [-0.1, -0.05) is 63.2 Å². The lowest BCUT2D eigenvalue weighted by atomic mass is 9.87. The van der Waals surface area contributed by atoms with E-state index in [1.807, 2.05) is 75.4 Å². The minimum absolute atomic E-state index is 0.171. The number of rotatable bonds is 6. The molecule has 0 fully saturated rings. The van der Waals surface area contributed by atoms with Crippen LogP contribution >= 0.6 is 0 Å². The van der Waals surface area contributed by atoms with Crippen molar-refractivity contribution < 1.29 is 9.53 Å². The molecular weight excluding hydrogens is 300 g/mol. The van der Waals surface area contributed by atoms with E-state index in [1.54, 1.807) is 0 Å². The lowest BCUT2D eigenvalue weighted by Crippen LogP contribution is -2.45.